The monoisotopic (exact) mass is 382 g/mol. The minimum absolute atomic E-state index is 0.0654. The number of amides is 1. The number of nitrogens with zero attached hydrogens (tertiary/aromatic N) is 3. The largest absolute Gasteiger partial charge is 0.342 e. The lowest BCUT2D eigenvalue weighted by Crippen LogP contribution is -2.39. The maximum absolute atomic E-state index is 13.7. The fourth-order valence-corrected chi connectivity index (χ4v) is 3.37. The Labute approximate surface area is 160 Å². The lowest BCUT2D eigenvalue weighted by Gasteiger charge is -2.30. The van der Waals surface area contributed by atoms with Crippen LogP contribution in [-0.4, -0.2) is 39.0 Å². The van der Waals surface area contributed by atoms with Crippen molar-refractivity contribution in [3.05, 3.63) is 70.2 Å². The van der Waals surface area contributed by atoms with Crippen molar-refractivity contribution in [1.82, 2.24) is 20.0 Å². The van der Waals surface area contributed by atoms with Crippen molar-refractivity contribution < 1.29 is 13.7 Å². The van der Waals surface area contributed by atoms with Gasteiger partial charge in [-0.05, 0) is 30.5 Å². The Morgan fingerprint density at radius 2 is 2.00 bits per heavy atom. The molecular weight excluding hydrogens is 363 g/mol. The molecule has 1 aromatic carbocycles. The number of carbonyl (C=O) groups excluding carboxylic acids is 1. The zero-order valence-corrected chi connectivity index (χ0v) is 15.1. The normalized spacial score (nSPS) is 15.0. The first kappa shape index (κ1) is 18.1. The van der Waals surface area contributed by atoms with Crippen LogP contribution in [0.4, 0.5) is 4.39 Å². The molecule has 0 unspecified atom stereocenters. The van der Waals surface area contributed by atoms with Crippen molar-refractivity contribution >= 4 is 5.91 Å². The predicted molar refractivity (Wildman–Crippen MR) is 99.0 cm³/mol. The topological polar surface area (TPSA) is 92.1 Å². The third kappa shape index (κ3) is 3.85. The summed E-state index contributed by atoms with van der Waals surface area (Å²) in [6, 6.07) is 9.37. The Balaban J connectivity index is 1.36. The lowest BCUT2D eigenvalue weighted by atomic mass is 9.95. The summed E-state index contributed by atoms with van der Waals surface area (Å²) in [6.07, 6.45) is 3.03. The summed E-state index contributed by atoms with van der Waals surface area (Å²) in [5, 5.41) is 4.06. The Hall–Kier alpha value is -3.29. The van der Waals surface area contributed by atoms with Crippen LogP contribution in [0.1, 0.15) is 30.1 Å². The first-order valence-corrected chi connectivity index (χ1v) is 9.14. The molecule has 3 aromatic rings. The Bertz CT molecular complexity index is 1020. The van der Waals surface area contributed by atoms with Crippen LogP contribution in [0.15, 0.2) is 51.9 Å². The molecule has 1 amide bonds. The highest BCUT2D eigenvalue weighted by Gasteiger charge is 2.27. The van der Waals surface area contributed by atoms with Crippen molar-refractivity contribution in [1.29, 1.82) is 0 Å². The van der Waals surface area contributed by atoms with E-state index in [1.54, 1.807) is 29.2 Å². The van der Waals surface area contributed by atoms with Crippen LogP contribution < -0.4 is 5.56 Å². The number of aromatic amines is 1. The summed E-state index contributed by atoms with van der Waals surface area (Å²) in [4.78, 5) is 32.4. The number of benzene rings is 1. The van der Waals surface area contributed by atoms with Crippen molar-refractivity contribution in [2.24, 2.45) is 0 Å². The molecule has 7 nitrogen and oxygen atoms in total. The zero-order chi connectivity index (χ0) is 19.5. The van der Waals surface area contributed by atoms with Crippen molar-refractivity contribution in [3.8, 4) is 11.5 Å². The van der Waals surface area contributed by atoms with Crippen LogP contribution in [0, 0.1) is 5.82 Å². The van der Waals surface area contributed by atoms with E-state index >= 15 is 0 Å². The SMILES string of the molecule is O=C(Cc1ccccc1F)N1CCC(c2noc(-c3ccc(=O)[nH]c3)n2)CC1. The minimum Gasteiger partial charge on any atom is -0.342 e. The molecular formula is C20H19FN4O3. The van der Waals surface area contributed by atoms with Gasteiger partial charge in [0.15, 0.2) is 5.82 Å². The van der Waals surface area contributed by atoms with E-state index in [4.69, 9.17) is 4.52 Å². The van der Waals surface area contributed by atoms with Gasteiger partial charge in [0.25, 0.3) is 5.89 Å². The minimum atomic E-state index is -0.354. The number of halogens is 1. The van der Waals surface area contributed by atoms with Gasteiger partial charge in [0, 0.05) is 31.3 Å². The molecule has 0 saturated carbocycles. The second-order valence-electron chi connectivity index (χ2n) is 6.82. The van der Waals surface area contributed by atoms with Crippen molar-refractivity contribution in [2.45, 2.75) is 25.2 Å². The molecule has 0 aliphatic carbocycles. The van der Waals surface area contributed by atoms with Crippen LogP contribution >= 0.6 is 0 Å². The van der Waals surface area contributed by atoms with E-state index in [1.807, 2.05) is 0 Å². The Kier molecular flexibility index (Phi) is 5.01. The molecule has 4 rings (SSSR count). The van der Waals surface area contributed by atoms with Gasteiger partial charge in [0.1, 0.15) is 5.82 Å². The van der Waals surface area contributed by atoms with Gasteiger partial charge in [-0.1, -0.05) is 23.4 Å². The highest BCUT2D eigenvalue weighted by molar-refractivity contribution is 5.79. The molecule has 144 valence electrons. The molecule has 1 fully saturated rings. The van der Waals surface area contributed by atoms with Gasteiger partial charge in [-0.2, -0.15) is 4.98 Å². The Morgan fingerprint density at radius 3 is 2.71 bits per heavy atom. The smallest absolute Gasteiger partial charge is 0.259 e. The van der Waals surface area contributed by atoms with Gasteiger partial charge >= 0.3 is 0 Å². The van der Waals surface area contributed by atoms with E-state index in [0.717, 1.165) is 0 Å². The second-order valence-corrected chi connectivity index (χ2v) is 6.82. The number of likely N-dealkylation sites (tertiary alicyclic amines) is 1. The van der Waals surface area contributed by atoms with Crippen molar-refractivity contribution in [2.75, 3.05) is 13.1 Å². The van der Waals surface area contributed by atoms with Crippen LogP contribution in [0.25, 0.3) is 11.5 Å². The summed E-state index contributed by atoms with van der Waals surface area (Å²) in [6.45, 7) is 1.14. The molecule has 28 heavy (non-hydrogen) atoms. The van der Waals surface area contributed by atoms with Gasteiger partial charge in [-0.25, -0.2) is 4.39 Å². The fourth-order valence-electron chi connectivity index (χ4n) is 3.37. The molecule has 1 aliphatic rings. The van der Waals surface area contributed by atoms with Gasteiger partial charge in [-0.15, -0.1) is 0 Å². The maximum Gasteiger partial charge on any atom is 0.259 e. The first-order chi connectivity index (χ1) is 13.6. The van der Waals surface area contributed by atoms with Gasteiger partial charge in [0.05, 0.1) is 12.0 Å². The van der Waals surface area contributed by atoms with Gasteiger partial charge in [0.2, 0.25) is 11.5 Å². The molecule has 0 bridgehead atoms. The molecule has 0 spiro atoms. The van der Waals surface area contributed by atoms with Crippen LogP contribution in [0.2, 0.25) is 0 Å². The summed E-state index contributed by atoms with van der Waals surface area (Å²) in [5.41, 5.74) is 0.866. The van der Waals surface area contributed by atoms with Crippen LogP contribution in [0.3, 0.4) is 0 Å². The zero-order valence-electron chi connectivity index (χ0n) is 15.1. The van der Waals surface area contributed by atoms with E-state index in [0.29, 0.717) is 48.8 Å². The van der Waals surface area contributed by atoms with E-state index in [1.165, 1.54) is 18.3 Å². The quantitative estimate of drug-likeness (QED) is 0.749. The first-order valence-electron chi connectivity index (χ1n) is 9.14. The number of rotatable bonds is 4. The lowest BCUT2D eigenvalue weighted by molar-refractivity contribution is -0.131. The molecule has 0 radical (unpaired) electrons. The average molecular weight is 382 g/mol. The van der Waals surface area contributed by atoms with E-state index in [2.05, 4.69) is 15.1 Å². The number of nitrogens with one attached hydrogen (secondary N) is 1. The number of pyridine rings is 1. The van der Waals surface area contributed by atoms with Crippen LogP contribution in [-0.2, 0) is 11.2 Å². The number of hydrogen-bond donors (Lipinski definition) is 1. The highest BCUT2D eigenvalue weighted by atomic mass is 19.1. The maximum atomic E-state index is 13.7. The molecule has 1 aliphatic heterocycles. The summed E-state index contributed by atoms with van der Waals surface area (Å²) >= 11 is 0. The number of H-pyrrole nitrogens is 1. The Morgan fingerprint density at radius 1 is 1.21 bits per heavy atom. The summed E-state index contributed by atoms with van der Waals surface area (Å²) in [5.74, 6) is 0.613. The third-order valence-electron chi connectivity index (χ3n) is 4.99. The number of piperidine rings is 1. The predicted octanol–water partition coefficient (Wildman–Crippen LogP) is 2.51. The molecule has 8 heteroatoms. The van der Waals surface area contributed by atoms with Crippen LogP contribution in [0.5, 0.6) is 0 Å². The average Bonchev–Trinajstić information content (AvgIpc) is 3.20. The fraction of sp³-hybridized carbons (Fsp3) is 0.300. The second kappa shape index (κ2) is 7.75. The molecule has 3 heterocycles. The number of aromatic nitrogens is 3. The van der Waals surface area contributed by atoms with Gasteiger partial charge in [-0.3, -0.25) is 9.59 Å². The highest BCUT2D eigenvalue weighted by Crippen LogP contribution is 2.28. The molecule has 1 N–H and O–H groups in total. The van der Waals surface area contributed by atoms with E-state index in [9.17, 15) is 14.0 Å². The number of carbonyl (C=O) groups is 1. The third-order valence-corrected chi connectivity index (χ3v) is 4.99. The van der Waals surface area contributed by atoms with Gasteiger partial charge < -0.3 is 14.4 Å². The standard InChI is InChI=1S/C20H19FN4O3/c21-16-4-2-1-3-14(16)11-18(27)25-9-7-13(8-10-25)19-23-20(28-24-19)15-5-6-17(26)22-12-15/h1-6,12-13H,7-11H2,(H,22,26). The molecule has 0 atom stereocenters. The number of hydrogen-bond acceptors (Lipinski definition) is 5. The molecule has 1 saturated heterocycles. The summed E-state index contributed by atoms with van der Waals surface area (Å²) < 4.78 is 19.1. The van der Waals surface area contributed by atoms with E-state index in [-0.39, 0.29) is 29.6 Å². The van der Waals surface area contributed by atoms with Crippen molar-refractivity contribution in [3.63, 3.8) is 0 Å². The summed E-state index contributed by atoms with van der Waals surface area (Å²) in [7, 11) is 0. The molecule has 2 aromatic heterocycles. The van der Waals surface area contributed by atoms with E-state index < -0.39 is 0 Å².